The van der Waals surface area contributed by atoms with E-state index in [0.29, 0.717) is 15.3 Å². The van der Waals surface area contributed by atoms with Crippen LogP contribution in [0, 0.1) is 5.21 Å². The summed E-state index contributed by atoms with van der Waals surface area (Å²) in [4.78, 5) is 24.5. The van der Waals surface area contributed by atoms with Crippen LogP contribution in [0.15, 0.2) is 48.8 Å². The molecular weight excluding hydrogens is 344 g/mol. The van der Waals surface area contributed by atoms with Gasteiger partial charge in [-0.3, -0.25) is 9.59 Å². The summed E-state index contributed by atoms with van der Waals surface area (Å²) in [7, 11) is 0. The first-order valence-electron chi connectivity index (χ1n) is 7.80. The highest BCUT2D eigenvalue weighted by Gasteiger charge is 2.23. The van der Waals surface area contributed by atoms with Gasteiger partial charge in [0.25, 0.3) is 5.91 Å². The molecule has 1 amide bonds. The number of hydrogen-bond donors (Lipinski definition) is 1. The Morgan fingerprint density at radius 2 is 1.96 bits per heavy atom. The molecule has 0 unspecified atom stereocenters. The van der Waals surface area contributed by atoms with Gasteiger partial charge in [-0.1, -0.05) is 29.8 Å². The van der Waals surface area contributed by atoms with Crippen molar-refractivity contribution in [3.05, 3.63) is 70.1 Å². The zero-order valence-electron chi connectivity index (χ0n) is 13.9. The Labute approximate surface area is 151 Å². The van der Waals surface area contributed by atoms with E-state index in [4.69, 9.17) is 16.3 Å². The van der Waals surface area contributed by atoms with E-state index in [-0.39, 0.29) is 18.1 Å². The van der Waals surface area contributed by atoms with Gasteiger partial charge in [-0.05, 0) is 31.5 Å². The van der Waals surface area contributed by atoms with Crippen LogP contribution in [0.2, 0.25) is 5.02 Å². The van der Waals surface area contributed by atoms with Crippen LogP contribution in [0.1, 0.15) is 42.2 Å². The molecule has 0 radical (unpaired) electrons. The fourth-order valence-corrected chi connectivity index (χ4v) is 2.57. The Balaban J connectivity index is 2.23. The first-order chi connectivity index (χ1) is 11.9. The molecule has 0 aliphatic rings. The van der Waals surface area contributed by atoms with Crippen LogP contribution in [0.3, 0.4) is 0 Å². The molecule has 7 heteroatoms. The number of benzene rings is 1. The second-order valence-corrected chi connectivity index (χ2v) is 6.15. The van der Waals surface area contributed by atoms with Crippen molar-refractivity contribution in [2.24, 2.45) is 0 Å². The summed E-state index contributed by atoms with van der Waals surface area (Å²) in [5.74, 6) is -0.931. The molecule has 25 heavy (non-hydrogen) atoms. The number of carbonyl (C=O) groups excluding carboxylic acids is 2. The van der Waals surface area contributed by atoms with Crippen LogP contribution < -0.4 is 10.0 Å². The SMILES string of the molecule is CC(C)OC(=O)C[C@@H](NC(=O)c1ccc[n+]([O-])c1)c1ccccc1Cl. The summed E-state index contributed by atoms with van der Waals surface area (Å²) >= 11 is 6.21. The van der Waals surface area contributed by atoms with Gasteiger partial charge in [0.2, 0.25) is 0 Å². The zero-order valence-corrected chi connectivity index (χ0v) is 14.7. The Morgan fingerprint density at radius 1 is 1.24 bits per heavy atom. The van der Waals surface area contributed by atoms with Crippen molar-refractivity contribution in [3.8, 4) is 0 Å². The van der Waals surface area contributed by atoms with Crippen LogP contribution >= 0.6 is 11.6 Å². The van der Waals surface area contributed by atoms with Gasteiger partial charge >= 0.3 is 5.97 Å². The fourth-order valence-electron chi connectivity index (χ4n) is 2.30. The molecule has 1 atom stereocenters. The Morgan fingerprint density at radius 3 is 2.60 bits per heavy atom. The minimum atomic E-state index is -0.673. The molecule has 2 aromatic rings. The molecule has 0 spiro atoms. The van der Waals surface area contributed by atoms with Crippen molar-refractivity contribution in [2.45, 2.75) is 32.4 Å². The molecule has 0 saturated heterocycles. The average Bonchev–Trinajstić information content (AvgIpc) is 2.54. The highest BCUT2D eigenvalue weighted by molar-refractivity contribution is 6.31. The number of rotatable bonds is 6. The maximum Gasteiger partial charge on any atom is 0.308 e. The standard InChI is InChI=1S/C18H19ClN2O4/c1-12(2)25-17(22)10-16(14-7-3-4-8-15(14)19)20-18(23)13-6-5-9-21(24)11-13/h3-9,11-12,16H,10H2,1-2H3,(H,20,23)/t16-/m1/s1. The number of hydrogen-bond acceptors (Lipinski definition) is 4. The normalized spacial score (nSPS) is 11.8. The van der Waals surface area contributed by atoms with Gasteiger partial charge < -0.3 is 15.3 Å². The van der Waals surface area contributed by atoms with Gasteiger partial charge in [-0.25, -0.2) is 0 Å². The summed E-state index contributed by atoms with van der Waals surface area (Å²) in [5.41, 5.74) is 0.788. The molecule has 0 saturated carbocycles. The summed E-state index contributed by atoms with van der Waals surface area (Å²) < 4.78 is 5.70. The summed E-state index contributed by atoms with van der Waals surface area (Å²) in [6, 6.07) is 9.25. The van der Waals surface area contributed by atoms with Crippen LogP contribution in [-0.2, 0) is 9.53 Å². The monoisotopic (exact) mass is 362 g/mol. The Hall–Kier alpha value is -2.60. The first kappa shape index (κ1) is 18.7. The second-order valence-electron chi connectivity index (χ2n) is 5.74. The van der Waals surface area contributed by atoms with E-state index in [1.807, 2.05) is 0 Å². The Kier molecular flexibility index (Phi) is 6.36. The lowest BCUT2D eigenvalue weighted by atomic mass is 10.0. The van der Waals surface area contributed by atoms with E-state index in [9.17, 15) is 14.8 Å². The van der Waals surface area contributed by atoms with Crippen LogP contribution in [0.25, 0.3) is 0 Å². The molecule has 1 N–H and O–H groups in total. The number of carbonyl (C=O) groups is 2. The van der Waals surface area contributed by atoms with E-state index < -0.39 is 17.9 Å². The van der Waals surface area contributed by atoms with E-state index in [0.717, 1.165) is 6.20 Å². The van der Waals surface area contributed by atoms with E-state index in [1.54, 1.807) is 38.1 Å². The van der Waals surface area contributed by atoms with E-state index in [1.165, 1.54) is 18.3 Å². The van der Waals surface area contributed by atoms with Crippen molar-refractivity contribution in [2.75, 3.05) is 0 Å². The summed E-state index contributed by atoms with van der Waals surface area (Å²) in [6.45, 7) is 3.50. The third-order valence-electron chi connectivity index (χ3n) is 3.36. The second kappa shape index (κ2) is 8.48. The average molecular weight is 363 g/mol. The largest absolute Gasteiger partial charge is 0.619 e. The highest BCUT2D eigenvalue weighted by atomic mass is 35.5. The van der Waals surface area contributed by atoms with Crippen LogP contribution in [0.4, 0.5) is 0 Å². The van der Waals surface area contributed by atoms with Crippen molar-refractivity contribution in [1.82, 2.24) is 5.32 Å². The molecule has 6 nitrogen and oxygen atoms in total. The molecule has 1 heterocycles. The van der Waals surface area contributed by atoms with Gasteiger partial charge in [-0.15, -0.1) is 0 Å². The third kappa shape index (κ3) is 5.46. The third-order valence-corrected chi connectivity index (χ3v) is 3.71. The number of nitrogens with one attached hydrogen (secondary N) is 1. The number of aromatic nitrogens is 1. The van der Waals surface area contributed by atoms with Gasteiger partial charge in [0.15, 0.2) is 12.4 Å². The van der Waals surface area contributed by atoms with Crippen molar-refractivity contribution in [1.29, 1.82) is 0 Å². The highest BCUT2D eigenvalue weighted by Crippen LogP contribution is 2.26. The lowest BCUT2D eigenvalue weighted by Gasteiger charge is -2.20. The number of esters is 1. The fraction of sp³-hybridized carbons (Fsp3) is 0.278. The molecule has 1 aromatic carbocycles. The van der Waals surface area contributed by atoms with Crippen LogP contribution in [-0.4, -0.2) is 18.0 Å². The number of amides is 1. The molecule has 2 rings (SSSR count). The minimum absolute atomic E-state index is 0.0716. The summed E-state index contributed by atoms with van der Waals surface area (Å²) in [6.07, 6.45) is 2.11. The molecule has 0 aliphatic heterocycles. The van der Waals surface area contributed by atoms with Crippen molar-refractivity contribution < 1.29 is 19.1 Å². The van der Waals surface area contributed by atoms with Crippen molar-refractivity contribution in [3.63, 3.8) is 0 Å². The quantitative estimate of drug-likeness (QED) is 0.486. The Bertz CT molecular complexity index is 764. The number of halogens is 1. The predicted molar refractivity (Wildman–Crippen MR) is 92.9 cm³/mol. The maximum atomic E-state index is 12.4. The molecule has 132 valence electrons. The van der Waals surface area contributed by atoms with Crippen LogP contribution in [0.5, 0.6) is 0 Å². The van der Waals surface area contributed by atoms with Gasteiger partial charge in [-0.2, -0.15) is 4.73 Å². The number of nitrogens with zero attached hydrogens (tertiary/aromatic N) is 1. The minimum Gasteiger partial charge on any atom is -0.619 e. The van der Waals surface area contributed by atoms with Crippen molar-refractivity contribution >= 4 is 23.5 Å². The molecule has 0 bridgehead atoms. The smallest absolute Gasteiger partial charge is 0.308 e. The summed E-state index contributed by atoms with van der Waals surface area (Å²) in [5, 5.41) is 14.5. The lowest BCUT2D eigenvalue weighted by Crippen LogP contribution is -2.33. The number of ether oxygens (including phenoxy) is 1. The predicted octanol–water partition coefficient (Wildman–Crippen LogP) is 2.79. The first-order valence-corrected chi connectivity index (χ1v) is 8.18. The van der Waals surface area contributed by atoms with Gasteiger partial charge in [0.05, 0.1) is 18.6 Å². The zero-order chi connectivity index (χ0) is 18.4. The molecule has 0 aliphatic carbocycles. The molecule has 1 aromatic heterocycles. The van der Waals surface area contributed by atoms with E-state index >= 15 is 0 Å². The maximum absolute atomic E-state index is 12.4. The van der Waals surface area contributed by atoms with Gasteiger partial charge in [0, 0.05) is 11.1 Å². The topological polar surface area (TPSA) is 82.3 Å². The molecular formula is C18H19ClN2O4. The number of pyridine rings is 1. The van der Waals surface area contributed by atoms with Gasteiger partial charge in [0.1, 0.15) is 5.56 Å². The molecule has 0 fully saturated rings. The van der Waals surface area contributed by atoms with E-state index in [2.05, 4.69) is 5.32 Å². The lowest BCUT2D eigenvalue weighted by molar-refractivity contribution is -0.605.